The van der Waals surface area contributed by atoms with E-state index >= 15 is 0 Å². The standard InChI is InChI=1S/C20H37N3O/c1-17(2)22-13-11-21(12-14-22)9-5-10-23-16-20(7-4-8-20)19(23)18-6-3-15-24-18/h17-19H,3-16H2,1-2H3/t18-,19+/m0/s1. The van der Waals surface area contributed by atoms with Crippen molar-refractivity contribution >= 4 is 0 Å². The Hall–Kier alpha value is -0.160. The fraction of sp³-hybridized carbons (Fsp3) is 1.00. The predicted octanol–water partition coefficient (Wildman–Crippen LogP) is 2.44. The van der Waals surface area contributed by atoms with E-state index in [2.05, 4.69) is 28.5 Å². The molecule has 0 bridgehead atoms. The summed E-state index contributed by atoms with van der Waals surface area (Å²) in [5.41, 5.74) is 0.665. The molecule has 4 rings (SSSR count). The van der Waals surface area contributed by atoms with E-state index in [0.717, 1.165) is 12.6 Å². The third-order valence-electron chi connectivity index (χ3n) is 7.26. The van der Waals surface area contributed by atoms with Crippen LogP contribution in [0.3, 0.4) is 0 Å². The Bertz CT molecular complexity index is 409. The number of nitrogens with zero attached hydrogens (tertiary/aromatic N) is 3. The zero-order valence-electron chi connectivity index (χ0n) is 15.9. The minimum Gasteiger partial charge on any atom is -0.377 e. The average Bonchev–Trinajstić information content (AvgIpc) is 3.02. The van der Waals surface area contributed by atoms with Crippen LogP contribution in [0.2, 0.25) is 0 Å². The summed E-state index contributed by atoms with van der Waals surface area (Å²) < 4.78 is 6.09. The van der Waals surface area contributed by atoms with Crippen molar-refractivity contribution in [2.24, 2.45) is 5.41 Å². The van der Waals surface area contributed by atoms with Crippen molar-refractivity contribution in [2.45, 2.75) is 70.6 Å². The minimum absolute atomic E-state index is 0.550. The number of hydrogen-bond acceptors (Lipinski definition) is 4. The van der Waals surface area contributed by atoms with E-state index in [1.54, 1.807) is 0 Å². The first-order valence-corrected chi connectivity index (χ1v) is 10.5. The molecule has 3 heterocycles. The molecule has 0 unspecified atom stereocenters. The monoisotopic (exact) mass is 335 g/mol. The summed E-state index contributed by atoms with van der Waals surface area (Å²) in [7, 11) is 0. The van der Waals surface area contributed by atoms with Gasteiger partial charge in [0.2, 0.25) is 0 Å². The summed E-state index contributed by atoms with van der Waals surface area (Å²) in [6, 6.07) is 1.46. The van der Waals surface area contributed by atoms with E-state index in [1.165, 1.54) is 84.3 Å². The first-order chi connectivity index (χ1) is 11.7. The highest BCUT2D eigenvalue weighted by atomic mass is 16.5. The maximum Gasteiger partial charge on any atom is 0.0736 e. The summed E-state index contributed by atoms with van der Waals surface area (Å²) in [6.45, 7) is 14.6. The summed E-state index contributed by atoms with van der Waals surface area (Å²) in [6.07, 6.45) is 8.86. The molecule has 1 saturated carbocycles. The largest absolute Gasteiger partial charge is 0.377 e. The zero-order chi connectivity index (χ0) is 16.6. The molecule has 4 heteroatoms. The Labute approximate surface area is 148 Å². The Morgan fingerprint density at radius 3 is 2.42 bits per heavy atom. The van der Waals surface area contributed by atoms with Crippen LogP contribution in [-0.4, -0.2) is 85.3 Å². The Kier molecular flexibility index (Phi) is 5.19. The smallest absolute Gasteiger partial charge is 0.0736 e. The Balaban J connectivity index is 1.20. The van der Waals surface area contributed by atoms with Crippen LogP contribution in [0.1, 0.15) is 52.4 Å². The molecule has 24 heavy (non-hydrogen) atoms. The van der Waals surface area contributed by atoms with E-state index < -0.39 is 0 Å². The normalized spacial score (nSPS) is 34.6. The number of ether oxygens (including phenoxy) is 1. The van der Waals surface area contributed by atoms with Crippen molar-refractivity contribution in [3.8, 4) is 0 Å². The quantitative estimate of drug-likeness (QED) is 0.742. The van der Waals surface area contributed by atoms with E-state index in [4.69, 9.17) is 4.74 Å². The first kappa shape index (κ1) is 17.3. The van der Waals surface area contributed by atoms with Crippen molar-refractivity contribution in [1.82, 2.24) is 14.7 Å². The molecule has 4 nitrogen and oxygen atoms in total. The van der Waals surface area contributed by atoms with Crippen molar-refractivity contribution in [2.75, 3.05) is 52.4 Å². The molecular weight excluding hydrogens is 298 g/mol. The van der Waals surface area contributed by atoms with Gasteiger partial charge in [-0.25, -0.2) is 0 Å². The highest BCUT2D eigenvalue weighted by molar-refractivity contribution is 5.11. The van der Waals surface area contributed by atoms with Crippen molar-refractivity contribution in [1.29, 1.82) is 0 Å². The van der Waals surface area contributed by atoms with Gasteiger partial charge in [0.1, 0.15) is 0 Å². The van der Waals surface area contributed by atoms with E-state index in [0.29, 0.717) is 17.6 Å². The highest BCUT2D eigenvalue weighted by Crippen LogP contribution is 2.55. The molecule has 0 amide bonds. The molecule has 4 aliphatic rings. The molecule has 0 aromatic rings. The molecule has 4 fully saturated rings. The van der Waals surface area contributed by atoms with Gasteiger partial charge in [0.25, 0.3) is 0 Å². The average molecular weight is 336 g/mol. The maximum atomic E-state index is 6.09. The molecule has 138 valence electrons. The molecular formula is C20H37N3O. The van der Waals surface area contributed by atoms with Gasteiger partial charge in [0, 0.05) is 56.8 Å². The second-order valence-corrected chi connectivity index (χ2v) is 9.01. The fourth-order valence-electron chi connectivity index (χ4n) is 5.66. The number of piperazine rings is 1. The third kappa shape index (κ3) is 3.27. The van der Waals surface area contributed by atoms with Gasteiger partial charge in [-0.2, -0.15) is 0 Å². The number of likely N-dealkylation sites (tertiary alicyclic amines) is 1. The van der Waals surface area contributed by atoms with E-state index in [9.17, 15) is 0 Å². The second-order valence-electron chi connectivity index (χ2n) is 9.01. The Morgan fingerprint density at radius 2 is 1.83 bits per heavy atom. The summed E-state index contributed by atoms with van der Waals surface area (Å²) in [4.78, 5) is 8.07. The van der Waals surface area contributed by atoms with Crippen LogP contribution in [0.5, 0.6) is 0 Å². The van der Waals surface area contributed by atoms with Crippen molar-refractivity contribution < 1.29 is 4.74 Å². The fourth-order valence-corrected chi connectivity index (χ4v) is 5.66. The van der Waals surface area contributed by atoms with Crippen LogP contribution < -0.4 is 0 Å². The van der Waals surface area contributed by atoms with E-state index in [-0.39, 0.29) is 0 Å². The third-order valence-corrected chi connectivity index (χ3v) is 7.26. The summed E-state index contributed by atoms with van der Waals surface area (Å²) >= 11 is 0. The predicted molar refractivity (Wildman–Crippen MR) is 98.4 cm³/mol. The molecule has 0 aromatic heterocycles. The molecule has 0 radical (unpaired) electrons. The lowest BCUT2D eigenvalue weighted by atomic mass is 9.56. The van der Waals surface area contributed by atoms with Gasteiger partial charge in [0.05, 0.1) is 6.10 Å². The summed E-state index contributed by atoms with van der Waals surface area (Å²) in [5.74, 6) is 0. The van der Waals surface area contributed by atoms with Gasteiger partial charge >= 0.3 is 0 Å². The highest BCUT2D eigenvalue weighted by Gasteiger charge is 2.58. The molecule has 3 aliphatic heterocycles. The van der Waals surface area contributed by atoms with E-state index in [1.807, 2.05) is 0 Å². The minimum atomic E-state index is 0.550. The van der Waals surface area contributed by atoms with Crippen LogP contribution in [0, 0.1) is 5.41 Å². The lowest BCUT2D eigenvalue weighted by molar-refractivity contribution is -0.172. The van der Waals surface area contributed by atoms with Gasteiger partial charge in [-0.3, -0.25) is 9.80 Å². The molecule has 0 aromatic carbocycles. The van der Waals surface area contributed by atoms with Gasteiger partial charge in [-0.05, 0) is 59.0 Å². The first-order valence-electron chi connectivity index (χ1n) is 10.5. The topological polar surface area (TPSA) is 19.0 Å². The molecule has 0 N–H and O–H groups in total. The van der Waals surface area contributed by atoms with Gasteiger partial charge in [-0.15, -0.1) is 0 Å². The molecule has 3 saturated heterocycles. The second kappa shape index (κ2) is 7.22. The summed E-state index contributed by atoms with van der Waals surface area (Å²) in [5, 5.41) is 0. The van der Waals surface area contributed by atoms with Crippen LogP contribution in [0.25, 0.3) is 0 Å². The lowest BCUT2D eigenvalue weighted by Crippen LogP contribution is -2.71. The van der Waals surface area contributed by atoms with Crippen LogP contribution in [-0.2, 0) is 4.74 Å². The van der Waals surface area contributed by atoms with Crippen molar-refractivity contribution in [3.63, 3.8) is 0 Å². The number of rotatable bonds is 6. The molecule has 1 spiro atoms. The lowest BCUT2D eigenvalue weighted by Gasteiger charge is -2.64. The zero-order valence-corrected chi connectivity index (χ0v) is 15.9. The molecule has 1 aliphatic carbocycles. The van der Waals surface area contributed by atoms with Gasteiger partial charge in [-0.1, -0.05) is 6.42 Å². The molecule has 2 atom stereocenters. The van der Waals surface area contributed by atoms with Crippen LogP contribution in [0.15, 0.2) is 0 Å². The van der Waals surface area contributed by atoms with Gasteiger partial charge in [0.15, 0.2) is 0 Å². The van der Waals surface area contributed by atoms with Crippen LogP contribution in [0.4, 0.5) is 0 Å². The maximum absolute atomic E-state index is 6.09. The van der Waals surface area contributed by atoms with Crippen LogP contribution >= 0.6 is 0 Å². The number of hydrogen-bond donors (Lipinski definition) is 0. The van der Waals surface area contributed by atoms with Gasteiger partial charge < -0.3 is 9.64 Å². The van der Waals surface area contributed by atoms with Crippen molar-refractivity contribution in [3.05, 3.63) is 0 Å². The SMILES string of the molecule is CC(C)N1CCN(CCCN2CC3(CCC3)[C@H]2[C@@H]2CCCO2)CC1. The Morgan fingerprint density at radius 1 is 1.04 bits per heavy atom.